The molecule has 2 rings (SSSR count). The molecule has 0 spiro atoms. The summed E-state index contributed by atoms with van der Waals surface area (Å²) in [4.78, 5) is 13.7. The van der Waals surface area contributed by atoms with Gasteiger partial charge in [-0.1, -0.05) is 24.9 Å². The number of carboxylic acid groups (broad SMARTS) is 1. The van der Waals surface area contributed by atoms with E-state index in [0.717, 1.165) is 37.9 Å². The fourth-order valence-corrected chi connectivity index (χ4v) is 3.05. The lowest BCUT2D eigenvalue weighted by Gasteiger charge is -2.38. The van der Waals surface area contributed by atoms with E-state index < -0.39 is 5.97 Å². The molecule has 1 aliphatic heterocycles. The summed E-state index contributed by atoms with van der Waals surface area (Å²) in [5, 5.41) is 9.83. The van der Waals surface area contributed by atoms with Gasteiger partial charge in [-0.05, 0) is 43.9 Å². The molecule has 19 heavy (non-hydrogen) atoms. The highest BCUT2D eigenvalue weighted by molar-refractivity contribution is 6.31. The number of carboxylic acids is 1. The topological polar surface area (TPSA) is 40.5 Å². The highest BCUT2D eigenvalue weighted by atomic mass is 35.5. The standard InChI is InChI=1S/C15H20ClNO2/c1-2-5-12-6-3-4-9-17(12)14-8-7-11(16)10-13(14)15(18)19/h7-8,10,12H,2-6,9H2,1H3,(H,18,19). The van der Waals surface area contributed by atoms with Crippen LogP contribution in [0.25, 0.3) is 0 Å². The maximum atomic E-state index is 11.4. The minimum absolute atomic E-state index is 0.315. The molecular weight excluding hydrogens is 262 g/mol. The molecule has 1 saturated heterocycles. The number of hydrogen-bond acceptors (Lipinski definition) is 2. The van der Waals surface area contributed by atoms with Crippen LogP contribution in [-0.2, 0) is 0 Å². The Balaban J connectivity index is 2.35. The van der Waals surface area contributed by atoms with Crippen LogP contribution in [0.5, 0.6) is 0 Å². The summed E-state index contributed by atoms with van der Waals surface area (Å²) in [6.45, 7) is 3.11. The molecule has 1 unspecified atom stereocenters. The molecule has 3 nitrogen and oxygen atoms in total. The van der Waals surface area contributed by atoms with Gasteiger partial charge in [0, 0.05) is 17.6 Å². The average Bonchev–Trinajstić information content (AvgIpc) is 2.40. The summed E-state index contributed by atoms with van der Waals surface area (Å²) in [6.07, 6.45) is 5.74. The second kappa shape index (κ2) is 6.29. The maximum Gasteiger partial charge on any atom is 0.337 e. The minimum Gasteiger partial charge on any atom is -0.478 e. The molecule has 1 fully saturated rings. The van der Waals surface area contributed by atoms with Crippen molar-refractivity contribution in [2.75, 3.05) is 11.4 Å². The lowest BCUT2D eigenvalue weighted by atomic mass is 9.96. The molecule has 4 heteroatoms. The van der Waals surface area contributed by atoms with Crippen LogP contribution in [0.15, 0.2) is 18.2 Å². The Morgan fingerprint density at radius 2 is 2.26 bits per heavy atom. The van der Waals surface area contributed by atoms with Crippen LogP contribution < -0.4 is 4.90 Å². The van der Waals surface area contributed by atoms with E-state index in [9.17, 15) is 9.90 Å². The lowest BCUT2D eigenvalue weighted by molar-refractivity contribution is 0.0697. The SMILES string of the molecule is CCCC1CCCCN1c1ccc(Cl)cc1C(=O)O. The van der Waals surface area contributed by atoms with Crippen LogP contribution in [0.2, 0.25) is 5.02 Å². The van der Waals surface area contributed by atoms with Crippen molar-refractivity contribution in [1.82, 2.24) is 0 Å². The number of halogens is 1. The van der Waals surface area contributed by atoms with E-state index in [4.69, 9.17) is 11.6 Å². The molecule has 0 saturated carbocycles. The zero-order valence-electron chi connectivity index (χ0n) is 11.2. The number of rotatable bonds is 4. The van der Waals surface area contributed by atoms with Gasteiger partial charge in [0.25, 0.3) is 0 Å². The van der Waals surface area contributed by atoms with E-state index >= 15 is 0 Å². The number of piperidine rings is 1. The van der Waals surface area contributed by atoms with Gasteiger partial charge < -0.3 is 10.0 Å². The molecule has 1 N–H and O–H groups in total. The largest absolute Gasteiger partial charge is 0.478 e. The third-order valence-electron chi connectivity index (χ3n) is 3.75. The number of anilines is 1. The van der Waals surface area contributed by atoms with E-state index in [1.165, 1.54) is 6.42 Å². The predicted molar refractivity (Wildman–Crippen MR) is 78.3 cm³/mol. The number of benzene rings is 1. The summed E-state index contributed by atoms with van der Waals surface area (Å²) in [7, 11) is 0. The van der Waals surface area contributed by atoms with Crippen molar-refractivity contribution in [3.8, 4) is 0 Å². The summed E-state index contributed by atoms with van der Waals surface area (Å²) in [6, 6.07) is 5.63. The Morgan fingerprint density at radius 1 is 1.47 bits per heavy atom. The lowest BCUT2D eigenvalue weighted by Crippen LogP contribution is -2.40. The first-order chi connectivity index (χ1) is 9.13. The Kier molecular flexibility index (Phi) is 4.70. The Bertz CT molecular complexity index is 459. The van der Waals surface area contributed by atoms with Crippen molar-refractivity contribution >= 4 is 23.3 Å². The van der Waals surface area contributed by atoms with Gasteiger partial charge in [0.1, 0.15) is 0 Å². The third kappa shape index (κ3) is 3.21. The smallest absolute Gasteiger partial charge is 0.337 e. The van der Waals surface area contributed by atoms with Crippen LogP contribution in [0.1, 0.15) is 49.4 Å². The molecule has 1 aliphatic rings. The van der Waals surface area contributed by atoms with Gasteiger partial charge in [0.2, 0.25) is 0 Å². The minimum atomic E-state index is -0.904. The molecule has 0 amide bonds. The van der Waals surface area contributed by atoms with E-state index in [-0.39, 0.29) is 0 Å². The van der Waals surface area contributed by atoms with Crippen LogP contribution in [0.4, 0.5) is 5.69 Å². The first kappa shape index (κ1) is 14.2. The monoisotopic (exact) mass is 281 g/mol. The second-order valence-corrected chi connectivity index (χ2v) is 5.53. The molecule has 1 aromatic rings. The van der Waals surface area contributed by atoms with Gasteiger partial charge >= 0.3 is 5.97 Å². The van der Waals surface area contributed by atoms with Gasteiger partial charge in [-0.2, -0.15) is 0 Å². The summed E-state index contributed by atoms with van der Waals surface area (Å²) >= 11 is 5.92. The van der Waals surface area contributed by atoms with Gasteiger partial charge in [-0.15, -0.1) is 0 Å². The summed E-state index contributed by atoms with van der Waals surface area (Å²) < 4.78 is 0. The fraction of sp³-hybridized carbons (Fsp3) is 0.533. The van der Waals surface area contributed by atoms with Gasteiger partial charge in [-0.25, -0.2) is 4.79 Å². The Labute approximate surface area is 119 Å². The van der Waals surface area contributed by atoms with E-state index in [1.54, 1.807) is 12.1 Å². The van der Waals surface area contributed by atoms with Crippen molar-refractivity contribution in [2.45, 2.75) is 45.1 Å². The molecule has 0 aliphatic carbocycles. The van der Waals surface area contributed by atoms with Gasteiger partial charge in [0.15, 0.2) is 0 Å². The van der Waals surface area contributed by atoms with E-state index in [0.29, 0.717) is 16.6 Å². The third-order valence-corrected chi connectivity index (χ3v) is 3.98. The first-order valence-electron chi connectivity index (χ1n) is 6.93. The van der Waals surface area contributed by atoms with Gasteiger partial charge in [-0.3, -0.25) is 0 Å². The molecule has 1 atom stereocenters. The Hall–Kier alpha value is -1.22. The number of nitrogens with zero attached hydrogens (tertiary/aromatic N) is 1. The normalized spacial score (nSPS) is 19.5. The van der Waals surface area contributed by atoms with Crippen molar-refractivity contribution in [1.29, 1.82) is 0 Å². The van der Waals surface area contributed by atoms with Gasteiger partial charge in [0.05, 0.1) is 11.3 Å². The highest BCUT2D eigenvalue weighted by Gasteiger charge is 2.25. The highest BCUT2D eigenvalue weighted by Crippen LogP contribution is 2.31. The number of hydrogen-bond donors (Lipinski definition) is 1. The fourth-order valence-electron chi connectivity index (χ4n) is 2.88. The first-order valence-corrected chi connectivity index (χ1v) is 7.30. The van der Waals surface area contributed by atoms with Crippen LogP contribution in [0.3, 0.4) is 0 Å². The summed E-state index contributed by atoms with van der Waals surface area (Å²) in [5.74, 6) is -0.904. The van der Waals surface area contributed by atoms with Crippen LogP contribution >= 0.6 is 11.6 Å². The molecular formula is C15H20ClNO2. The molecule has 1 heterocycles. The Morgan fingerprint density at radius 3 is 2.95 bits per heavy atom. The molecule has 0 radical (unpaired) electrons. The van der Waals surface area contributed by atoms with Crippen LogP contribution in [-0.4, -0.2) is 23.7 Å². The molecule has 0 aromatic heterocycles. The van der Waals surface area contributed by atoms with Crippen molar-refractivity contribution < 1.29 is 9.90 Å². The van der Waals surface area contributed by atoms with Crippen molar-refractivity contribution in [2.24, 2.45) is 0 Å². The number of carbonyl (C=O) groups is 1. The maximum absolute atomic E-state index is 11.4. The molecule has 1 aromatic carbocycles. The van der Waals surface area contributed by atoms with E-state index in [1.807, 2.05) is 6.07 Å². The quantitative estimate of drug-likeness (QED) is 0.899. The molecule has 0 bridgehead atoms. The second-order valence-electron chi connectivity index (χ2n) is 5.10. The zero-order chi connectivity index (χ0) is 13.8. The molecule has 104 valence electrons. The summed E-state index contributed by atoms with van der Waals surface area (Å²) in [5.41, 5.74) is 1.13. The predicted octanol–water partition coefficient (Wildman–Crippen LogP) is 4.20. The van der Waals surface area contributed by atoms with Crippen LogP contribution in [0, 0.1) is 0 Å². The van der Waals surface area contributed by atoms with Crippen molar-refractivity contribution in [3.63, 3.8) is 0 Å². The average molecular weight is 282 g/mol. The van der Waals surface area contributed by atoms with E-state index in [2.05, 4.69) is 11.8 Å². The zero-order valence-corrected chi connectivity index (χ0v) is 12.0. The van der Waals surface area contributed by atoms with Crippen molar-refractivity contribution in [3.05, 3.63) is 28.8 Å². The number of aromatic carboxylic acids is 1.